The number of rotatable bonds is 4. The molecule has 10 aromatic rings. The molecule has 3 nitrogen and oxygen atoms in total. The van der Waals surface area contributed by atoms with Crippen LogP contribution in [-0.4, -0.2) is 14.9 Å². The van der Waals surface area contributed by atoms with Gasteiger partial charge >= 0.3 is 0 Å². The molecule has 0 radical (unpaired) electrons. The first kappa shape index (κ1) is 31.5. The maximum absolute atomic E-state index is 13.6. The number of ketones is 1. The van der Waals surface area contributed by atoms with E-state index in [0.29, 0.717) is 0 Å². The largest absolute Gasteiger partial charge is 0.309 e. The minimum absolute atomic E-state index is 0.105. The van der Waals surface area contributed by atoms with Gasteiger partial charge in [-0.25, -0.2) is 0 Å². The van der Waals surface area contributed by atoms with Gasteiger partial charge in [0, 0.05) is 49.5 Å². The average Bonchev–Trinajstić information content (AvgIpc) is 3.75. The standard InChI is InChI=1S/C52H36N2O/c1-52(2)45-17-9-6-16-43(45)51(55)44-28-23-35(30-46(44)52)34-20-24-37(25-21-34)53-49-31-36(33-12-4-3-5-13-33)22-27-41(49)42-29-26-38(32-50(42)53)54-47-18-10-7-14-39(47)40-15-8-11-19-48(40)54/h3-32H,1-2H3. The van der Waals surface area contributed by atoms with Crippen LogP contribution in [0.3, 0.4) is 0 Å². The molecule has 2 aromatic heterocycles. The van der Waals surface area contributed by atoms with E-state index < -0.39 is 0 Å². The van der Waals surface area contributed by atoms with Gasteiger partial charge in [-0.3, -0.25) is 4.79 Å². The Kier molecular flexibility index (Phi) is 6.75. The second-order valence-corrected chi connectivity index (χ2v) is 15.3. The summed E-state index contributed by atoms with van der Waals surface area (Å²) in [5, 5.41) is 4.93. The Morgan fingerprint density at radius 3 is 1.60 bits per heavy atom. The summed E-state index contributed by atoms with van der Waals surface area (Å²) >= 11 is 0. The molecule has 0 atom stereocenters. The quantitative estimate of drug-likeness (QED) is 0.179. The lowest BCUT2D eigenvalue weighted by atomic mass is 9.68. The summed E-state index contributed by atoms with van der Waals surface area (Å²) in [5.41, 5.74) is 15.0. The van der Waals surface area contributed by atoms with E-state index in [4.69, 9.17) is 0 Å². The number of aromatic nitrogens is 2. The molecule has 8 aromatic carbocycles. The van der Waals surface area contributed by atoms with Gasteiger partial charge in [0.05, 0.1) is 22.1 Å². The van der Waals surface area contributed by atoms with Gasteiger partial charge in [0.15, 0.2) is 5.78 Å². The van der Waals surface area contributed by atoms with Crippen molar-refractivity contribution < 1.29 is 4.79 Å². The van der Waals surface area contributed by atoms with Gasteiger partial charge in [-0.1, -0.05) is 147 Å². The number of nitrogens with zero attached hydrogens (tertiary/aromatic N) is 2. The summed E-state index contributed by atoms with van der Waals surface area (Å²) in [7, 11) is 0. The molecule has 0 saturated carbocycles. The van der Waals surface area contributed by atoms with Crippen molar-refractivity contribution in [3.8, 4) is 33.6 Å². The zero-order valence-electron chi connectivity index (χ0n) is 30.6. The molecule has 3 heteroatoms. The molecular formula is C52H36N2O. The fraction of sp³-hybridized carbons (Fsp3) is 0.0577. The molecule has 0 amide bonds. The van der Waals surface area contributed by atoms with Crippen LogP contribution in [0.4, 0.5) is 0 Å². The van der Waals surface area contributed by atoms with E-state index in [9.17, 15) is 4.79 Å². The minimum Gasteiger partial charge on any atom is -0.309 e. The maximum atomic E-state index is 13.6. The summed E-state index contributed by atoms with van der Waals surface area (Å²) in [6.07, 6.45) is 0. The van der Waals surface area contributed by atoms with Crippen molar-refractivity contribution in [1.82, 2.24) is 9.13 Å². The zero-order valence-corrected chi connectivity index (χ0v) is 30.6. The molecule has 2 heterocycles. The van der Waals surface area contributed by atoms with Gasteiger partial charge in [-0.15, -0.1) is 0 Å². The van der Waals surface area contributed by atoms with Crippen LogP contribution in [0.5, 0.6) is 0 Å². The van der Waals surface area contributed by atoms with Crippen LogP contribution >= 0.6 is 0 Å². The van der Waals surface area contributed by atoms with Crippen LogP contribution in [0.2, 0.25) is 0 Å². The van der Waals surface area contributed by atoms with E-state index in [1.165, 1.54) is 43.7 Å². The van der Waals surface area contributed by atoms with Crippen molar-refractivity contribution in [2.24, 2.45) is 0 Å². The highest BCUT2D eigenvalue weighted by Crippen LogP contribution is 2.43. The Balaban J connectivity index is 1.09. The van der Waals surface area contributed by atoms with Crippen molar-refractivity contribution in [2.75, 3.05) is 0 Å². The fourth-order valence-electron chi connectivity index (χ4n) is 9.19. The molecule has 1 aliphatic carbocycles. The first-order chi connectivity index (χ1) is 27.0. The minimum atomic E-state index is -0.288. The number of para-hydroxylation sites is 2. The lowest BCUT2D eigenvalue weighted by Crippen LogP contribution is -2.30. The summed E-state index contributed by atoms with van der Waals surface area (Å²) in [5.74, 6) is 0.105. The third-order valence-corrected chi connectivity index (χ3v) is 11.9. The number of carbonyl (C=O) groups excluding carboxylic acids is 1. The van der Waals surface area contributed by atoms with E-state index in [-0.39, 0.29) is 11.2 Å². The Morgan fingerprint density at radius 2 is 0.855 bits per heavy atom. The SMILES string of the molecule is CC1(C)c2ccccc2C(=O)c2ccc(-c3ccc(-n4c5cc(-c6ccccc6)ccc5c5ccc(-n6c7ccccc7c7ccccc76)cc54)cc3)cc21. The molecule has 0 N–H and O–H groups in total. The van der Waals surface area contributed by atoms with Crippen LogP contribution in [-0.2, 0) is 5.41 Å². The maximum Gasteiger partial charge on any atom is 0.193 e. The predicted octanol–water partition coefficient (Wildman–Crippen LogP) is 13.1. The van der Waals surface area contributed by atoms with Crippen LogP contribution < -0.4 is 0 Å². The lowest BCUT2D eigenvalue weighted by molar-refractivity contribution is 0.103. The number of hydrogen-bond donors (Lipinski definition) is 0. The Morgan fingerprint density at radius 1 is 0.364 bits per heavy atom. The number of carbonyl (C=O) groups is 1. The third kappa shape index (κ3) is 4.66. The molecule has 11 rings (SSSR count). The molecular weight excluding hydrogens is 669 g/mol. The highest BCUT2D eigenvalue weighted by molar-refractivity contribution is 6.14. The molecule has 0 saturated heterocycles. The lowest BCUT2D eigenvalue weighted by Gasteiger charge is -2.34. The van der Waals surface area contributed by atoms with Gasteiger partial charge in [0.2, 0.25) is 0 Å². The average molecular weight is 705 g/mol. The Labute approximate surface area is 319 Å². The summed E-state index contributed by atoms with van der Waals surface area (Å²) < 4.78 is 4.81. The summed E-state index contributed by atoms with van der Waals surface area (Å²) in [6, 6.07) is 65.0. The molecule has 55 heavy (non-hydrogen) atoms. The number of fused-ring (bicyclic) bond motifs is 8. The van der Waals surface area contributed by atoms with Crippen molar-refractivity contribution in [3.05, 3.63) is 204 Å². The highest BCUT2D eigenvalue weighted by Gasteiger charge is 2.36. The van der Waals surface area contributed by atoms with Crippen molar-refractivity contribution in [1.29, 1.82) is 0 Å². The molecule has 1 aliphatic rings. The molecule has 0 spiro atoms. The highest BCUT2D eigenvalue weighted by atomic mass is 16.1. The van der Waals surface area contributed by atoms with Crippen molar-refractivity contribution in [2.45, 2.75) is 19.3 Å². The number of benzene rings is 8. The van der Waals surface area contributed by atoms with Crippen LogP contribution in [0.25, 0.3) is 77.2 Å². The van der Waals surface area contributed by atoms with E-state index in [1.807, 2.05) is 24.3 Å². The fourth-order valence-corrected chi connectivity index (χ4v) is 9.19. The van der Waals surface area contributed by atoms with Crippen molar-refractivity contribution >= 4 is 49.4 Å². The van der Waals surface area contributed by atoms with E-state index in [0.717, 1.165) is 55.8 Å². The monoisotopic (exact) mass is 704 g/mol. The van der Waals surface area contributed by atoms with Crippen LogP contribution in [0.1, 0.15) is 40.9 Å². The second kappa shape index (κ2) is 11.8. The van der Waals surface area contributed by atoms with Crippen molar-refractivity contribution in [3.63, 3.8) is 0 Å². The molecule has 0 aliphatic heterocycles. The first-order valence-corrected chi connectivity index (χ1v) is 19.0. The van der Waals surface area contributed by atoms with Gasteiger partial charge in [0.25, 0.3) is 0 Å². The molecule has 0 bridgehead atoms. The molecule has 0 fully saturated rings. The van der Waals surface area contributed by atoms with Crippen LogP contribution in [0, 0.1) is 0 Å². The van der Waals surface area contributed by atoms with Gasteiger partial charge in [0.1, 0.15) is 0 Å². The molecule has 260 valence electrons. The smallest absolute Gasteiger partial charge is 0.193 e. The summed E-state index contributed by atoms with van der Waals surface area (Å²) in [6.45, 7) is 4.45. The van der Waals surface area contributed by atoms with Gasteiger partial charge in [-0.05, 0) is 81.9 Å². The molecule has 0 unspecified atom stereocenters. The zero-order chi connectivity index (χ0) is 36.8. The van der Waals surface area contributed by atoms with E-state index >= 15 is 0 Å². The number of hydrogen-bond acceptors (Lipinski definition) is 1. The predicted molar refractivity (Wildman–Crippen MR) is 228 cm³/mol. The van der Waals surface area contributed by atoms with E-state index in [1.54, 1.807) is 0 Å². The van der Waals surface area contributed by atoms with Gasteiger partial charge < -0.3 is 9.13 Å². The Hall–Kier alpha value is -6.97. The first-order valence-electron chi connectivity index (χ1n) is 19.0. The normalized spacial score (nSPS) is 13.5. The second-order valence-electron chi connectivity index (χ2n) is 15.3. The van der Waals surface area contributed by atoms with E-state index in [2.05, 4.69) is 181 Å². The van der Waals surface area contributed by atoms with Crippen LogP contribution in [0.15, 0.2) is 182 Å². The van der Waals surface area contributed by atoms with Gasteiger partial charge in [-0.2, -0.15) is 0 Å². The topological polar surface area (TPSA) is 26.9 Å². The summed E-state index contributed by atoms with van der Waals surface area (Å²) in [4.78, 5) is 13.6. The third-order valence-electron chi connectivity index (χ3n) is 11.9. The Bertz CT molecular complexity index is 3120.